The van der Waals surface area contributed by atoms with Crippen LogP contribution >= 0.6 is 26.6 Å². The summed E-state index contributed by atoms with van der Waals surface area (Å²) in [5.41, 5.74) is 0.644. The van der Waals surface area contributed by atoms with Gasteiger partial charge in [-0.05, 0) is 58.4 Å². The van der Waals surface area contributed by atoms with Crippen molar-refractivity contribution >= 4 is 47.3 Å². The molecule has 110 valence electrons. The van der Waals surface area contributed by atoms with Crippen LogP contribution in [-0.4, -0.2) is 14.3 Å². The van der Waals surface area contributed by atoms with Gasteiger partial charge in [-0.1, -0.05) is 0 Å². The normalized spacial score (nSPS) is 11.2. The number of amides is 1. The summed E-state index contributed by atoms with van der Waals surface area (Å²) in [6, 6.07) is 8.99. The second-order valence-corrected chi connectivity index (χ2v) is 7.46. The van der Waals surface area contributed by atoms with Crippen LogP contribution in [0.2, 0.25) is 0 Å². The number of rotatable bonds is 3. The second kappa shape index (κ2) is 6.13. The van der Waals surface area contributed by atoms with Crippen molar-refractivity contribution in [3.63, 3.8) is 0 Å². The van der Waals surface area contributed by atoms with Crippen molar-refractivity contribution in [3.8, 4) is 0 Å². The van der Waals surface area contributed by atoms with Crippen LogP contribution < -0.4 is 5.32 Å². The molecule has 0 radical (unpaired) electrons. The SMILES string of the molecule is O=C(Nc1ccc(S(=O)(=O)Cl)cc1Br)c1ccc(F)cc1. The third-order valence-electron chi connectivity index (χ3n) is 2.58. The van der Waals surface area contributed by atoms with Gasteiger partial charge in [0.15, 0.2) is 0 Å². The summed E-state index contributed by atoms with van der Waals surface area (Å²) in [5, 5.41) is 2.58. The van der Waals surface area contributed by atoms with Gasteiger partial charge in [0.25, 0.3) is 15.0 Å². The van der Waals surface area contributed by atoms with Gasteiger partial charge in [-0.2, -0.15) is 0 Å². The van der Waals surface area contributed by atoms with E-state index in [9.17, 15) is 17.6 Å². The fraction of sp³-hybridized carbons (Fsp3) is 0. The predicted octanol–water partition coefficient (Wildman–Crippen LogP) is 3.77. The molecule has 0 saturated heterocycles. The van der Waals surface area contributed by atoms with E-state index in [4.69, 9.17) is 10.7 Å². The van der Waals surface area contributed by atoms with Crippen molar-refractivity contribution in [1.82, 2.24) is 0 Å². The number of halogens is 3. The molecule has 0 aliphatic rings. The average Bonchev–Trinajstić information content (AvgIpc) is 2.40. The lowest BCUT2D eigenvalue weighted by molar-refractivity contribution is 0.102. The third kappa shape index (κ3) is 4.03. The van der Waals surface area contributed by atoms with Crippen molar-refractivity contribution in [1.29, 1.82) is 0 Å². The minimum absolute atomic E-state index is 0.0872. The van der Waals surface area contributed by atoms with E-state index < -0.39 is 20.8 Å². The quantitative estimate of drug-likeness (QED) is 0.809. The van der Waals surface area contributed by atoms with Crippen LogP contribution in [0.3, 0.4) is 0 Å². The zero-order chi connectivity index (χ0) is 15.6. The summed E-state index contributed by atoms with van der Waals surface area (Å²) < 4.78 is 35.5. The first-order valence-corrected chi connectivity index (χ1v) is 8.69. The maximum atomic E-state index is 12.8. The highest BCUT2D eigenvalue weighted by atomic mass is 79.9. The first-order valence-electron chi connectivity index (χ1n) is 5.58. The van der Waals surface area contributed by atoms with E-state index in [0.717, 1.165) is 0 Å². The van der Waals surface area contributed by atoms with Crippen LogP contribution in [-0.2, 0) is 9.05 Å². The third-order valence-corrected chi connectivity index (χ3v) is 4.58. The summed E-state index contributed by atoms with van der Waals surface area (Å²) in [6.07, 6.45) is 0. The molecule has 0 atom stereocenters. The van der Waals surface area contributed by atoms with Crippen LogP contribution in [0.1, 0.15) is 10.4 Å². The van der Waals surface area contributed by atoms with Crippen molar-refractivity contribution in [2.24, 2.45) is 0 Å². The molecule has 0 aliphatic heterocycles. The first kappa shape index (κ1) is 15.9. The van der Waals surface area contributed by atoms with Crippen molar-refractivity contribution in [2.75, 3.05) is 5.32 Å². The van der Waals surface area contributed by atoms with Gasteiger partial charge in [0, 0.05) is 20.7 Å². The minimum Gasteiger partial charge on any atom is -0.321 e. The Kier molecular flexibility index (Phi) is 4.65. The molecule has 8 heteroatoms. The molecule has 0 spiro atoms. The molecule has 0 unspecified atom stereocenters. The predicted molar refractivity (Wildman–Crippen MR) is 81.5 cm³/mol. The molecule has 2 rings (SSSR count). The molecule has 0 heterocycles. The number of hydrogen-bond donors (Lipinski definition) is 1. The van der Waals surface area contributed by atoms with Gasteiger partial charge in [0.2, 0.25) is 0 Å². The number of carbonyl (C=O) groups is 1. The largest absolute Gasteiger partial charge is 0.321 e. The Hall–Kier alpha value is -1.44. The zero-order valence-corrected chi connectivity index (χ0v) is 13.5. The Morgan fingerprint density at radius 1 is 1.14 bits per heavy atom. The fourth-order valence-corrected chi connectivity index (χ4v) is 2.95. The summed E-state index contributed by atoms with van der Waals surface area (Å²) in [6.45, 7) is 0. The van der Waals surface area contributed by atoms with E-state index in [2.05, 4.69) is 21.2 Å². The van der Waals surface area contributed by atoms with Gasteiger partial charge in [0.1, 0.15) is 5.82 Å². The van der Waals surface area contributed by atoms with Crippen molar-refractivity contribution < 1.29 is 17.6 Å². The zero-order valence-electron chi connectivity index (χ0n) is 10.3. The van der Waals surface area contributed by atoms with E-state index in [-0.39, 0.29) is 10.5 Å². The molecule has 1 N–H and O–H groups in total. The molecule has 4 nitrogen and oxygen atoms in total. The maximum absolute atomic E-state index is 12.8. The molecule has 0 aliphatic carbocycles. The van der Waals surface area contributed by atoms with E-state index in [0.29, 0.717) is 10.2 Å². The lowest BCUT2D eigenvalue weighted by atomic mass is 10.2. The lowest BCUT2D eigenvalue weighted by Gasteiger charge is -2.08. The standard InChI is InChI=1S/C13H8BrClFNO3S/c14-11-7-10(21(15,19)20)5-6-12(11)17-13(18)8-1-3-9(16)4-2-8/h1-7H,(H,17,18). The Bertz CT molecular complexity index is 794. The van der Waals surface area contributed by atoms with Gasteiger partial charge < -0.3 is 5.32 Å². The van der Waals surface area contributed by atoms with Gasteiger partial charge >= 0.3 is 0 Å². The monoisotopic (exact) mass is 391 g/mol. The van der Waals surface area contributed by atoms with Crippen molar-refractivity contribution in [2.45, 2.75) is 4.90 Å². The summed E-state index contributed by atoms with van der Waals surface area (Å²) in [4.78, 5) is 11.9. The minimum atomic E-state index is -3.84. The van der Waals surface area contributed by atoms with Crippen LogP contribution in [0.5, 0.6) is 0 Å². The average molecular weight is 393 g/mol. The van der Waals surface area contributed by atoms with E-state index in [1.807, 2.05) is 0 Å². The molecule has 0 bridgehead atoms. The Morgan fingerprint density at radius 2 is 1.76 bits per heavy atom. The van der Waals surface area contributed by atoms with E-state index in [1.54, 1.807) is 0 Å². The molecule has 0 fully saturated rings. The molecular weight excluding hydrogens is 385 g/mol. The van der Waals surface area contributed by atoms with Gasteiger partial charge in [-0.15, -0.1) is 0 Å². The molecule has 2 aromatic rings. The maximum Gasteiger partial charge on any atom is 0.261 e. The van der Waals surface area contributed by atoms with E-state index in [1.165, 1.54) is 42.5 Å². The van der Waals surface area contributed by atoms with Crippen molar-refractivity contribution in [3.05, 3.63) is 58.3 Å². The Balaban J connectivity index is 2.24. The number of carbonyl (C=O) groups excluding carboxylic acids is 1. The smallest absolute Gasteiger partial charge is 0.261 e. The highest BCUT2D eigenvalue weighted by Crippen LogP contribution is 2.27. The van der Waals surface area contributed by atoms with Crippen LogP contribution in [0.25, 0.3) is 0 Å². The molecule has 21 heavy (non-hydrogen) atoms. The molecular formula is C13H8BrClFNO3S. The molecule has 1 amide bonds. The molecule has 2 aromatic carbocycles. The highest BCUT2D eigenvalue weighted by molar-refractivity contribution is 9.10. The van der Waals surface area contributed by atoms with Gasteiger partial charge in [-0.25, -0.2) is 12.8 Å². The summed E-state index contributed by atoms with van der Waals surface area (Å²) in [7, 11) is 1.39. The summed E-state index contributed by atoms with van der Waals surface area (Å²) in [5.74, 6) is -0.887. The molecule has 0 aromatic heterocycles. The van der Waals surface area contributed by atoms with Gasteiger partial charge in [0.05, 0.1) is 10.6 Å². The Morgan fingerprint density at radius 3 is 2.29 bits per heavy atom. The summed E-state index contributed by atoms with van der Waals surface area (Å²) >= 11 is 3.15. The lowest BCUT2D eigenvalue weighted by Crippen LogP contribution is -2.12. The van der Waals surface area contributed by atoms with Crippen LogP contribution in [0.4, 0.5) is 10.1 Å². The fourth-order valence-electron chi connectivity index (χ4n) is 1.54. The number of anilines is 1. The Labute approximate surface area is 133 Å². The second-order valence-electron chi connectivity index (χ2n) is 4.04. The van der Waals surface area contributed by atoms with Crippen LogP contribution in [0.15, 0.2) is 51.8 Å². The van der Waals surface area contributed by atoms with Gasteiger partial charge in [-0.3, -0.25) is 4.79 Å². The number of hydrogen-bond acceptors (Lipinski definition) is 3. The van der Waals surface area contributed by atoms with Crippen LogP contribution in [0, 0.1) is 5.82 Å². The first-order chi connectivity index (χ1) is 9.77. The molecule has 0 saturated carbocycles. The number of nitrogens with one attached hydrogen (secondary N) is 1. The van der Waals surface area contributed by atoms with E-state index >= 15 is 0 Å². The topological polar surface area (TPSA) is 63.2 Å². The number of benzene rings is 2. The highest BCUT2D eigenvalue weighted by Gasteiger charge is 2.14.